The van der Waals surface area contributed by atoms with E-state index >= 15 is 0 Å². The minimum atomic E-state index is 0.747. The molecule has 0 saturated heterocycles. The van der Waals surface area contributed by atoms with Gasteiger partial charge >= 0.3 is 0 Å². The highest BCUT2D eigenvalue weighted by molar-refractivity contribution is 7.15. The van der Waals surface area contributed by atoms with E-state index in [1.165, 1.54) is 4.88 Å². The number of hydrogen-bond acceptors (Lipinski definition) is 7. The molecule has 0 radical (unpaired) electrons. The second-order valence-corrected chi connectivity index (χ2v) is 5.26. The van der Waals surface area contributed by atoms with E-state index in [-0.39, 0.29) is 0 Å². The molecular formula is C9H13N5S2. The predicted octanol–water partition coefficient (Wildman–Crippen LogP) is 1.52. The fourth-order valence-electron chi connectivity index (χ4n) is 1.36. The van der Waals surface area contributed by atoms with Gasteiger partial charge in [0, 0.05) is 29.5 Å². The largest absolute Gasteiger partial charge is 0.300 e. The summed E-state index contributed by atoms with van der Waals surface area (Å²) in [6.07, 6.45) is 1.84. The molecule has 0 bridgehead atoms. The second kappa shape index (κ2) is 5.35. The summed E-state index contributed by atoms with van der Waals surface area (Å²) in [6, 6.07) is 0. The first-order valence-electron chi connectivity index (χ1n) is 4.75. The molecule has 0 unspecified atom stereocenters. The summed E-state index contributed by atoms with van der Waals surface area (Å²) in [5.74, 6) is 5.28. The van der Waals surface area contributed by atoms with E-state index in [0.717, 1.165) is 23.9 Å². The molecule has 5 nitrogen and oxygen atoms in total. The minimum absolute atomic E-state index is 0.747. The van der Waals surface area contributed by atoms with Crippen LogP contribution in [0, 0.1) is 0 Å². The number of nitrogen functional groups attached to an aromatic ring is 1. The Labute approximate surface area is 102 Å². The lowest BCUT2D eigenvalue weighted by Gasteiger charge is -2.13. The quantitative estimate of drug-likeness (QED) is 0.626. The van der Waals surface area contributed by atoms with E-state index in [9.17, 15) is 0 Å². The summed E-state index contributed by atoms with van der Waals surface area (Å²) >= 11 is 3.19. The summed E-state index contributed by atoms with van der Waals surface area (Å²) in [7, 11) is 2.06. The maximum absolute atomic E-state index is 5.28. The molecule has 16 heavy (non-hydrogen) atoms. The average molecular weight is 255 g/mol. The van der Waals surface area contributed by atoms with Gasteiger partial charge in [-0.2, -0.15) is 0 Å². The van der Waals surface area contributed by atoms with E-state index in [0.29, 0.717) is 0 Å². The number of thiazole rings is 2. The van der Waals surface area contributed by atoms with Crippen LogP contribution in [0.4, 0.5) is 5.13 Å². The van der Waals surface area contributed by atoms with Crippen molar-refractivity contribution in [2.24, 2.45) is 5.84 Å². The molecule has 0 aliphatic carbocycles. The number of rotatable bonds is 5. The SMILES string of the molecule is CN(Cc1cscn1)Cc1cnc(NN)s1. The predicted molar refractivity (Wildman–Crippen MR) is 67.2 cm³/mol. The molecule has 0 spiro atoms. The molecule has 0 atom stereocenters. The van der Waals surface area contributed by atoms with Crippen molar-refractivity contribution < 1.29 is 0 Å². The van der Waals surface area contributed by atoms with Crippen molar-refractivity contribution in [3.05, 3.63) is 27.7 Å². The Morgan fingerprint density at radius 1 is 1.44 bits per heavy atom. The third-order valence-corrected chi connectivity index (χ3v) is 3.57. The van der Waals surface area contributed by atoms with Crippen molar-refractivity contribution >= 4 is 27.8 Å². The molecule has 0 aliphatic heterocycles. The van der Waals surface area contributed by atoms with Crippen LogP contribution < -0.4 is 11.3 Å². The minimum Gasteiger partial charge on any atom is -0.300 e. The molecule has 2 heterocycles. The summed E-state index contributed by atoms with van der Waals surface area (Å²) in [5.41, 5.74) is 5.50. The number of anilines is 1. The van der Waals surface area contributed by atoms with Crippen molar-refractivity contribution in [1.29, 1.82) is 0 Å². The fraction of sp³-hybridized carbons (Fsp3) is 0.333. The maximum Gasteiger partial charge on any atom is 0.197 e. The topological polar surface area (TPSA) is 67.1 Å². The van der Waals surface area contributed by atoms with Crippen molar-refractivity contribution in [3.63, 3.8) is 0 Å². The van der Waals surface area contributed by atoms with Gasteiger partial charge in [0.25, 0.3) is 0 Å². The lowest BCUT2D eigenvalue weighted by atomic mass is 10.4. The lowest BCUT2D eigenvalue weighted by molar-refractivity contribution is 0.318. The Morgan fingerprint density at radius 3 is 2.94 bits per heavy atom. The Bertz CT molecular complexity index is 425. The molecule has 0 aromatic carbocycles. The zero-order valence-electron chi connectivity index (χ0n) is 8.88. The van der Waals surface area contributed by atoms with Gasteiger partial charge in [-0.25, -0.2) is 15.8 Å². The van der Waals surface area contributed by atoms with E-state index < -0.39 is 0 Å². The van der Waals surface area contributed by atoms with Crippen LogP contribution in [-0.2, 0) is 13.1 Å². The van der Waals surface area contributed by atoms with Crippen LogP contribution in [0.1, 0.15) is 10.6 Å². The Morgan fingerprint density at radius 2 is 2.31 bits per heavy atom. The van der Waals surface area contributed by atoms with Crippen molar-refractivity contribution in [2.75, 3.05) is 12.5 Å². The van der Waals surface area contributed by atoms with Gasteiger partial charge in [0.15, 0.2) is 5.13 Å². The van der Waals surface area contributed by atoms with E-state index in [1.54, 1.807) is 22.7 Å². The summed E-state index contributed by atoms with van der Waals surface area (Å²) < 4.78 is 0. The summed E-state index contributed by atoms with van der Waals surface area (Å²) in [4.78, 5) is 11.8. The highest BCUT2D eigenvalue weighted by atomic mass is 32.1. The number of aromatic nitrogens is 2. The number of hydrazine groups is 1. The zero-order valence-corrected chi connectivity index (χ0v) is 10.5. The maximum atomic E-state index is 5.28. The number of hydrogen-bond donors (Lipinski definition) is 2. The second-order valence-electron chi connectivity index (χ2n) is 3.43. The average Bonchev–Trinajstić information content (AvgIpc) is 2.89. The Kier molecular flexibility index (Phi) is 3.83. The Balaban J connectivity index is 1.89. The van der Waals surface area contributed by atoms with Gasteiger partial charge < -0.3 is 0 Å². The van der Waals surface area contributed by atoms with Crippen molar-refractivity contribution in [2.45, 2.75) is 13.1 Å². The first kappa shape index (κ1) is 11.5. The van der Waals surface area contributed by atoms with Crippen LogP contribution in [0.25, 0.3) is 0 Å². The van der Waals surface area contributed by atoms with Crippen LogP contribution in [0.5, 0.6) is 0 Å². The number of nitrogens with zero attached hydrogens (tertiary/aromatic N) is 3. The smallest absolute Gasteiger partial charge is 0.197 e. The molecule has 3 N–H and O–H groups in total. The molecule has 0 aliphatic rings. The third-order valence-electron chi connectivity index (χ3n) is 2.02. The number of nitrogens with two attached hydrogens (primary N) is 1. The molecule has 7 heteroatoms. The molecule has 0 fully saturated rings. The van der Waals surface area contributed by atoms with Gasteiger partial charge in [-0.05, 0) is 7.05 Å². The van der Waals surface area contributed by atoms with E-state index in [2.05, 4.69) is 32.7 Å². The summed E-state index contributed by atoms with van der Waals surface area (Å²) in [5, 5.41) is 2.81. The zero-order chi connectivity index (χ0) is 11.4. The van der Waals surface area contributed by atoms with E-state index in [1.807, 2.05) is 11.7 Å². The molecule has 2 aromatic heterocycles. The van der Waals surface area contributed by atoms with Gasteiger partial charge in [0.05, 0.1) is 11.2 Å². The monoisotopic (exact) mass is 255 g/mol. The molecule has 0 amide bonds. The lowest BCUT2D eigenvalue weighted by Crippen LogP contribution is -2.16. The first-order valence-corrected chi connectivity index (χ1v) is 6.51. The summed E-state index contributed by atoms with van der Waals surface area (Å²) in [6.45, 7) is 1.71. The van der Waals surface area contributed by atoms with Gasteiger partial charge in [0.1, 0.15) is 0 Å². The van der Waals surface area contributed by atoms with Crippen LogP contribution in [0.2, 0.25) is 0 Å². The van der Waals surface area contributed by atoms with Crippen LogP contribution in [0.15, 0.2) is 17.1 Å². The molecule has 86 valence electrons. The van der Waals surface area contributed by atoms with Gasteiger partial charge in [0.2, 0.25) is 0 Å². The molecule has 0 saturated carbocycles. The number of nitrogens with one attached hydrogen (secondary N) is 1. The van der Waals surface area contributed by atoms with Crippen LogP contribution in [-0.4, -0.2) is 21.9 Å². The van der Waals surface area contributed by atoms with E-state index in [4.69, 9.17) is 5.84 Å². The van der Waals surface area contributed by atoms with Crippen molar-refractivity contribution in [1.82, 2.24) is 14.9 Å². The normalized spacial score (nSPS) is 10.9. The first-order chi connectivity index (χ1) is 7.78. The highest BCUT2D eigenvalue weighted by Gasteiger charge is 2.06. The van der Waals surface area contributed by atoms with Gasteiger partial charge in [-0.15, -0.1) is 11.3 Å². The fourth-order valence-corrected chi connectivity index (χ4v) is 2.71. The molecular weight excluding hydrogens is 242 g/mol. The third kappa shape index (κ3) is 2.99. The van der Waals surface area contributed by atoms with Crippen molar-refractivity contribution in [3.8, 4) is 0 Å². The van der Waals surface area contributed by atoms with Crippen LogP contribution >= 0.6 is 22.7 Å². The molecule has 2 rings (SSSR count). The Hall–Kier alpha value is -1.02. The molecule has 2 aromatic rings. The van der Waals surface area contributed by atoms with Crippen LogP contribution in [0.3, 0.4) is 0 Å². The standard InChI is InChI=1S/C9H13N5S2/c1-14(3-7-5-15-6-12-7)4-8-2-11-9(13-10)16-8/h2,5-6H,3-4,10H2,1H3,(H,11,13). The highest BCUT2D eigenvalue weighted by Crippen LogP contribution is 2.18. The van der Waals surface area contributed by atoms with Gasteiger partial charge in [-0.1, -0.05) is 11.3 Å². The van der Waals surface area contributed by atoms with Gasteiger partial charge in [-0.3, -0.25) is 10.3 Å².